The molecule has 0 saturated heterocycles. The number of benzene rings is 2. The average Bonchev–Trinajstić information content (AvgIpc) is 2.84. The molecule has 126 valence electrons. The second kappa shape index (κ2) is 6.43. The third kappa shape index (κ3) is 2.89. The van der Waals surface area contributed by atoms with Crippen molar-refractivity contribution in [2.24, 2.45) is 5.73 Å². The SMILES string of the molecule is NC(=O)n1nc(-c2ccc(-c3ccccc3)cc2)c2c1NCCCC2. The molecule has 1 amide bonds. The van der Waals surface area contributed by atoms with Crippen molar-refractivity contribution in [2.45, 2.75) is 19.3 Å². The maximum atomic E-state index is 11.8. The molecule has 0 unspecified atom stereocenters. The Balaban J connectivity index is 1.76. The number of carbonyl (C=O) groups is 1. The second-order valence-electron chi connectivity index (χ2n) is 6.25. The minimum absolute atomic E-state index is 0.558. The number of hydrogen-bond donors (Lipinski definition) is 2. The van der Waals surface area contributed by atoms with Crippen LogP contribution >= 0.6 is 0 Å². The van der Waals surface area contributed by atoms with Gasteiger partial charge in [0.05, 0.1) is 5.69 Å². The van der Waals surface area contributed by atoms with Crippen LogP contribution in [0.15, 0.2) is 54.6 Å². The Morgan fingerprint density at radius 1 is 0.960 bits per heavy atom. The number of aromatic nitrogens is 2. The number of amides is 1. The van der Waals surface area contributed by atoms with Crippen molar-refractivity contribution < 1.29 is 4.79 Å². The van der Waals surface area contributed by atoms with Crippen molar-refractivity contribution in [1.29, 1.82) is 0 Å². The normalized spacial score (nSPS) is 13.6. The van der Waals surface area contributed by atoms with Gasteiger partial charge in [-0.05, 0) is 30.4 Å². The highest BCUT2D eigenvalue weighted by Gasteiger charge is 2.22. The van der Waals surface area contributed by atoms with Crippen LogP contribution in [0.4, 0.5) is 10.6 Å². The molecule has 0 atom stereocenters. The molecule has 5 nitrogen and oxygen atoms in total. The predicted octanol–water partition coefficient (Wildman–Crippen LogP) is 3.89. The molecule has 3 N–H and O–H groups in total. The van der Waals surface area contributed by atoms with Gasteiger partial charge in [0.1, 0.15) is 5.82 Å². The zero-order chi connectivity index (χ0) is 17.2. The number of primary amides is 1. The number of anilines is 1. The van der Waals surface area contributed by atoms with E-state index < -0.39 is 6.03 Å². The summed E-state index contributed by atoms with van der Waals surface area (Å²) in [5.74, 6) is 0.743. The molecule has 2 heterocycles. The maximum Gasteiger partial charge on any atom is 0.341 e. The van der Waals surface area contributed by atoms with E-state index in [9.17, 15) is 4.79 Å². The van der Waals surface area contributed by atoms with Gasteiger partial charge >= 0.3 is 6.03 Å². The summed E-state index contributed by atoms with van der Waals surface area (Å²) < 4.78 is 1.29. The third-order valence-electron chi connectivity index (χ3n) is 4.60. The van der Waals surface area contributed by atoms with Crippen LogP contribution in [0.3, 0.4) is 0 Å². The molecule has 25 heavy (non-hydrogen) atoms. The quantitative estimate of drug-likeness (QED) is 0.747. The first-order chi connectivity index (χ1) is 12.2. The number of nitrogens with one attached hydrogen (secondary N) is 1. The lowest BCUT2D eigenvalue weighted by Crippen LogP contribution is -2.23. The summed E-state index contributed by atoms with van der Waals surface area (Å²) in [5, 5.41) is 7.79. The summed E-state index contributed by atoms with van der Waals surface area (Å²) in [6, 6.07) is 18.0. The zero-order valence-electron chi connectivity index (χ0n) is 13.9. The van der Waals surface area contributed by atoms with Gasteiger partial charge in [-0.3, -0.25) is 0 Å². The predicted molar refractivity (Wildman–Crippen MR) is 99.5 cm³/mol. The van der Waals surface area contributed by atoms with Gasteiger partial charge in [-0.2, -0.15) is 9.78 Å². The zero-order valence-corrected chi connectivity index (χ0v) is 13.9. The molecule has 2 aromatic carbocycles. The number of nitrogens with zero attached hydrogens (tertiary/aromatic N) is 2. The summed E-state index contributed by atoms with van der Waals surface area (Å²) in [5.41, 5.74) is 10.7. The third-order valence-corrected chi connectivity index (χ3v) is 4.60. The molecular weight excluding hydrogens is 312 g/mol. The average molecular weight is 332 g/mol. The fourth-order valence-corrected chi connectivity index (χ4v) is 3.34. The van der Waals surface area contributed by atoms with E-state index in [1.54, 1.807) is 0 Å². The van der Waals surface area contributed by atoms with Gasteiger partial charge in [0, 0.05) is 17.7 Å². The molecule has 5 heteroatoms. The largest absolute Gasteiger partial charge is 0.370 e. The number of carbonyl (C=O) groups excluding carboxylic acids is 1. The number of nitrogens with two attached hydrogens (primary N) is 1. The summed E-state index contributed by atoms with van der Waals surface area (Å²) in [6.07, 6.45) is 3.03. The summed E-state index contributed by atoms with van der Waals surface area (Å²) in [7, 11) is 0. The first-order valence-corrected chi connectivity index (χ1v) is 8.55. The van der Waals surface area contributed by atoms with Crippen molar-refractivity contribution >= 4 is 11.8 Å². The van der Waals surface area contributed by atoms with Gasteiger partial charge in [-0.1, -0.05) is 54.6 Å². The monoisotopic (exact) mass is 332 g/mol. The van der Waals surface area contributed by atoms with Gasteiger partial charge in [0.15, 0.2) is 0 Å². The molecule has 0 bridgehead atoms. The topological polar surface area (TPSA) is 72.9 Å². The van der Waals surface area contributed by atoms with Crippen LogP contribution in [0.25, 0.3) is 22.4 Å². The minimum atomic E-state index is -0.558. The van der Waals surface area contributed by atoms with Crippen molar-refractivity contribution in [2.75, 3.05) is 11.9 Å². The van der Waals surface area contributed by atoms with Gasteiger partial charge < -0.3 is 11.1 Å². The minimum Gasteiger partial charge on any atom is -0.370 e. The van der Waals surface area contributed by atoms with Crippen LogP contribution in [0, 0.1) is 0 Å². The number of fused-ring (bicyclic) bond motifs is 1. The highest BCUT2D eigenvalue weighted by Crippen LogP contribution is 2.33. The molecule has 3 aromatic rings. The molecule has 1 aliphatic heterocycles. The first-order valence-electron chi connectivity index (χ1n) is 8.55. The van der Waals surface area contributed by atoms with Gasteiger partial charge in [-0.15, -0.1) is 0 Å². The lowest BCUT2D eigenvalue weighted by atomic mass is 10.00. The molecule has 0 fully saturated rings. The molecule has 4 rings (SSSR count). The van der Waals surface area contributed by atoms with Crippen LogP contribution in [-0.2, 0) is 6.42 Å². The van der Waals surface area contributed by atoms with Crippen LogP contribution in [0.5, 0.6) is 0 Å². The van der Waals surface area contributed by atoms with Crippen molar-refractivity contribution in [3.8, 4) is 22.4 Å². The van der Waals surface area contributed by atoms with Crippen LogP contribution < -0.4 is 11.1 Å². The van der Waals surface area contributed by atoms with Crippen LogP contribution in [0.1, 0.15) is 18.4 Å². The molecular formula is C20H20N4O. The van der Waals surface area contributed by atoms with E-state index in [4.69, 9.17) is 5.73 Å². The summed E-state index contributed by atoms with van der Waals surface area (Å²) >= 11 is 0. The van der Waals surface area contributed by atoms with E-state index in [0.717, 1.165) is 54.0 Å². The van der Waals surface area contributed by atoms with Crippen LogP contribution in [-0.4, -0.2) is 22.4 Å². The molecule has 0 saturated carbocycles. The van der Waals surface area contributed by atoms with Gasteiger partial charge in [0.2, 0.25) is 0 Å². The van der Waals surface area contributed by atoms with Gasteiger partial charge in [-0.25, -0.2) is 4.79 Å². The Kier molecular flexibility index (Phi) is 3.98. The Labute approximate surface area is 146 Å². The lowest BCUT2D eigenvalue weighted by Gasteiger charge is -2.05. The highest BCUT2D eigenvalue weighted by molar-refractivity contribution is 5.83. The van der Waals surface area contributed by atoms with Crippen LogP contribution in [0.2, 0.25) is 0 Å². The summed E-state index contributed by atoms with van der Waals surface area (Å²) in [6.45, 7) is 0.832. The maximum absolute atomic E-state index is 11.8. The Morgan fingerprint density at radius 3 is 2.36 bits per heavy atom. The Hall–Kier alpha value is -3.08. The van der Waals surface area contributed by atoms with E-state index >= 15 is 0 Å². The van der Waals surface area contributed by atoms with E-state index in [2.05, 4.69) is 46.8 Å². The van der Waals surface area contributed by atoms with E-state index in [1.807, 2.05) is 18.2 Å². The fraction of sp³-hybridized carbons (Fsp3) is 0.200. The molecule has 1 aliphatic rings. The highest BCUT2D eigenvalue weighted by atomic mass is 16.2. The number of rotatable bonds is 2. The molecule has 0 aliphatic carbocycles. The van der Waals surface area contributed by atoms with E-state index in [-0.39, 0.29) is 0 Å². The standard InChI is InChI=1S/C20H20N4O/c21-20(25)24-19-17(8-4-5-13-22-19)18(23-24)16-11-9-15(10-12-16)14-6-2-1-3-7-14/h1-3,6-7,9-12,22H,4-5,8,13H2,(H2,21,25). The molecule has 0 spiro atoms. The number of hydrogen-bond acceptors (Lipinski definition) is 3. The Morgan fingerprint density at radius 2 is 1.64 bits per heavy atom. The fourth-order valence-electron chi connectivity index (χ4n) is 3.34. The van der Waals surface area contributed by atoms with Gasteiger partial charge in [0.25, 0.3) is 0 Å². The lowest BCUT2D eigenvalue weighted by molar-refractivity contribution is 0.248. The van der Waals surface area contributed by atoms with Crippen molar-refractivity contribution in [3.63, 3.8) is 0 Å². The van der Waals surface area contributed by atoms with Crippen molar-refractivity contribution in [3.05, 3.63) is 60.2 Å². The van der Waals surface area contributed by atoms with E-state index in [0.29, 0.717) is 0 Å². The van der Waals surface area contributed by atoms with E-state index in [1.165, 1.54) is 10.2 Å². The molecule has 1 aromatic heterocycles. The molecule has 0 radical (unpaired) electrons. The summed E-state index contributed by atoms with van der Waals surface area (Å²) in [4.78, 5) is 11.8. The first kappa shape index (κ1) is 15.4. The smallest absolute Gasteiger partial charge is 0.341 e. The second-order valence-corrected chi connectivity index (χ2v) is 6.25. The van der Waals surface area contributed by atoms with Crippen molar-refractivity contribution in [1.82, 2.24) is 9.78 Å². The Bertz CT molecular complexity index is 897.